The van der Waals surface area contributed by atoms with E-state index in [9.17, 15) is 13.6 Å². The highest BCUT2D eigenvalue weighted by atomic mass is 19.3. The number of nitrogens with one attached hydrogen (secondary N) is 1. The molecule has 0 spiro atoms. The quantitative estimate of drug-likeness (QED) is 0.466. The summed E-state index contributed by atoms with van der Waals surface area (Å²) < 4.78 is 32.8. The van der Waals surface area contributed by atoms with Crippen molar-refractivity contribution in [3.05, 3.63) is 23.8 Å². The summed E-state index contributed by atoms with van der Waals surface area (Å²) in [5, 5.41) is 0. The molecule has 1 aromatic carbocycles. The lowest BCUT2D eigenvalue weighted by Gasteiger charge is -2.12. The maximum atomic E-state index is 12.1. The third-order valence-corrected chi connectivity index (χ3v) is 1.79. The number of anilines is 1. The van der Waals surface area contributed by atoms with E-state index in [1.54, 1.807) is 0 Å². The van der Waals surface area contributed by atoms with Crippen molar-refractivity contribution >= 4 is 11.7 Å². The van der Waals surface area contributed by atoms with Crippen LogP contribution in [0.25, 0.3) is 0 Å². The number of benzene rings is 1. The zero-order chi connectivity index (χ0) is 12.1. The van der Waals surface area contributed by atoms with Gasteiger partial charge < -0.3 is 14.9 Å². The lowest BCUT2D eigenvalue weighted by Crippen LogP contribution is -2.15. The average Bonchev–Trinajstić information content (AvgIpc) is 2.27. The maximum Gasteiger partial charge on any atom is 0.387 e. The van der Waals surface area contributed by atoms with E-state index in [0.29, 0.717) is 0 Å². The van der Waals surface area contributed by atoms with Gasteiger partial charge in [-0.3, -0.25) is 5.84 Å². The number of alkyl halides is 2. The number of halogens is 2. The van der Waals surface area contributed by atoms with E-state index in [0.717, 1.165) is 7.11 Å². The van der Waals surface area contributed by atoms with E-state index < -0.39 is 12.6 Å². The first kappa shape index (κ1) is 12.2. The Morgan fingerprint density at radius 1 is 1.50 bits per heavy atom. The average molecular weight is 232 g/mol. The second kappa shape index (κ2) is 5.26. The van der Waals surface area contributed by atoms with E-state index in [2.05, 4.69) is 14.9 Å². The SMILES string of the molecule is COC(=O)c1c(NN)cccc1OC(F)F. The zero-order valence-corrected chi connectivity index (χ0v) is 8.37. The van der Waals surface area contributed by atoms with Gasteiger partial charge in [-0.05, 0) is 12.1 Å². The van der Waals surface area contributed by atoms with Gasteiger partial charge in [-0.15, -0.1) is 0 Å². The number of nitrogens with two attached hydrogens (primary N) is 1. The predicted octanol–water partition coefficient (Wildman–Crippen LogP) is 1.36. The van der Waals surface area contributed by atoms with Gasteiger partial charge in [0.1, 0.15) is 11.3 Å². The van der Waals surface area contributed by atoms with Crippen molar-refractivity contribution in [1.29, 1.82) is 0 Å². The molecule has 0 saturated carbocycles. The summed E-state index contributed by atoms with van der Waals surface area (Å²) in [6.07, 6.45) is 0. The van der Waals surface area contributed by atoms with E-state index in [-0.39, 0.29) is 17.0 Å². The fourth-order valence-electron chi connectivity index (χ4n) is 1.16. The molecule has 0 heterocycles. The number of methoxy groups -OCH3 is 1. The van der Waals surface area contributed by atoms with Crippen LogP contribution in [0.3, 0.4) is 0 Å². The Morgan fingerprint density at radius 2 is 2.19 bits per heavy atom. The molecule has 5 nitrogen and oxygen atoms in total. The highest BCUT2D eigenvalue weighted by Gasteiger charge is 2.20. The molecule has 0 aliphatic carbocycles. The number of carbonyl (C=O) groups is 1. The summed E-state index contributed by atoms with van der Waals surface area (Å²) >= 11 is 0. The first-order chi connectivity index (χ1) is 7.60. The minimum atomic E-state index is -3.03. The molecule has 0 atom stereocenters. The summed E-state index contributed by atoms with van der Waals surface area (Å²) in [5.74, 6) is 4.03. The van der Waals surface area contributed by atoms with Crippen molar-refractivity contribution in [3.63, 3.8) is 0 Å². The van der Waals surface area contributed by atoms with Gasteiger partial charge in [0.05, 0.1) is 12.8 Å². The predicted molar refractivity (Wildman–Crippen MR) is 52.2 cm³/mol. The fourth-order valence-corrected chi connectivity index (χ4v) is 1.16. The molecule has 0 bridgehead atoms. The fraction of sp³-hybridized carbons (Fsp3) is 0.222. The zero-order valence-electron chi connectivity index (χ0n) is 8.37. The van der Waals surface area contributed by atoms with Gasteiger partial charge in [0, 0.05) is 0 Å². The Labute approximate surface area is 90.1 Å². The molecular weight excluding hydrogens is 222 g/mol. The standard InChI is InChI=1S/C9H10F2N2O3/c1-15-8(14)7-5(13-12)3-2-4-6(7)16-9(10)11/h2-4,9,13H,12H2,1H3. The molecule has 0 radical (unpaired) electrons. The van der Waals surface area contributed by atoms with Crippen LogP contribution in [0.5, 0.6) is 5.75 Å². The third kappa shape index (κ3) is 2.57. The van der Waals surface area contributed by atoms with Gasteiger partial charge in [-0.1, -0.05) is 6.07 Å². The number of rotatable bonds is 4. The van der Waals surface area contributed by atoms with Crippen molar-refractivity contribution in [2.45, 2.75) is 6.61 Å². The Kier molecular flexibility index (Phi) is 4.01. The van der Waals surface area contributed by atoms with Gasteiger partial charge >= 0.3 is 12.6 Å². The Bertz CT molecular complexity index is 385. The van der Waals surface area contributed by atoms with Crippen LogP contribution in [0.2, 0.25) is 0 Å². The number of hydrazine groups is 1. The second-order valence-corrected chi connectivity index (χ2v) is 2.69. The molecule has 0 aromatic heterocycles. The van der Waals surface area contributed by atoms with Crippen LogP contribution in [0.1, 0.15) is 10.4 Å². The Morgan fingerprint density at radius 3 is 2.69 bits per heavy atom. The van der Waals surface area contributed by atoms with Crippen molar-refractivity contribution < 1.29 is 23.0 Å². The van der Waals surface area contributed by atoms with Crippen molar-refractivity contribution in [3.8, 4) is 5.75 Å². The largest absolute Gasteiger partial charge is 0.465 e. The monoisotopic (exact) mass is 232 g/mol. The van der Waals surface area contributed by atoms with Crippen molar-refractivity contribution in [2.24, 2.45) is 5.84 Å². The molecule has 0 aliphatic rings. The van der Waals surface area contributed by atoms with E-state index in [1.807, 2.05) is 0 Å². The normalized spacial score (nSPS) is 10.1. The Balaban J connectivity index is 3.20. The highest BCUT2D eigenvalue weighted by molar-refractivity contribution is 5.98. The lowest BCUT2D eigenvalue weighted by molar-refractivity contribution is -0.0503. The van der Waals surface area contributed by atoms with Gasteiger partial charge in [0.15, 0.2) is 0 Å². The number of esters is 1. The van der Waals surface area contributed by atoms with Gasteiger partial charge in [-0.25, -0.2) is 4.79 Å². The Hall–Kier alpha value is -1.89. The molecule has 1 aromatic rings. The molecule has 0 aliphatic heterocycles. The molecule has 88 valence electrons. The third-order valence-electron chi connectivity index (χ3n) is 1.79. The summed E-state index contributed by atoms with van der Waals surface area (Å²) in [6, 6.07) is 4.07. The van der Waals surface area contributed by atoms with Crippen molar-refractivity contribution in [2.75, 3.05) is 12.5 Å². The molecule has 16 heavy (non-hydrogen) atoms. The molecule has 7 heteroatoms. The first-order valence-electron chi connectivity index (χ1n) is 4.23. The molecule has 0 unspecified atom stereocenters. The second-order valence-electron chi connectivity index (χ2n) is 2.69. The smallest absolute Gasteiger partial charge is 0.387 e. The van der Waals surface area contributed by atoms with Crippen LogP contribution < -0.4 is 16.0 Å². The summed E-state index contributed by atoms with van der Waals surface area (Å²) in [7, 11) is 1.13. The summed E-state index contributed by atoms with van der Waals surface area (Å²) in [6.45, 7) is -3.03. The van der Waals surface area contributed by atoms with Gasteiger partial charge in [0.2, 0.25) is 0 Å². The van der Waals surface area contributed by atoms with Crippen LogP contribution in [0, 0.1) is 0 Å². The summed E-state index contributed by atoms with van der Waals surface area (Å²) in [4.78, 5) is 11.4. The summed E-state index contributed by atoms with van der Waals surface area (Å²) in [5.41, 5.74) is 2.17. The minimum absolute atomic E-state index is 0.144. The lowest BCUT2D eigenvalue weighted by atomic mass is 10.1. The number of carbonyl (C=O) groups excluding carboxylic acids is 1. The number of nitrogen functional groups attached to an aromatic ring is 1. The minimum Gasteiger partial charge on any atom is -0.465 e. The molecular formula is C9H10F2N2O3. The van der Waals surface area contributed by atoms with Gasteiger partial charge in [-0.2, -0.15) is 8.78 Å². The molecule has 1 rings (SSSR count). The van der Waals surface area contributed by atoms with E-state index in [4.69, 9.17) is 5.84 Å². The first-order valence-corrected chi connectivity index (χ1v) is 4.23. The molecule has 0 fully saturated rings. The number of ether oxygens (including phenoxy) is 2. The van der Waals surface area contributed by atoms with Gasteiger partial charge in [0.25, 0.3) is 0 Å². The number of hydrogen-bond acceptors (Lipinski definition) is 5. The maximum absolute atomic E-state index is 12.1. The van der Waals surface area contributed by atoms with Crippen LogP contribution in [-0.4, -0.2) is 19.7 Å². The molecule has 0 saturated heterocycles. The van der Waals surface area contributed by atoms with E-state index >= 15 is 0 Å². The highest BCUT2D eigenvalue weighted by Crippen LogP contribution is 2.27. The van der Waals surface area contributed by atoms with Crippen molar-refractivity contribution in [1.82, 2.24) is 0 Å². The number of hydrogen-bond donors (Lipinski definition) is 2. The van der Waals surface area contributed by atoms with Crippen LogP contribution >= 0.6 is 0 Å². The van der Waals surface area contributed by atoms with Crippen LogP contribution in [-0.2, 0) is 4.74 Å². The van der Waals surface area contributed by atoms with E-state index in [1.165, 1.54) is 18.2 Å². The van der Waals surface area contributed by atoms with Crippen LogP contribution in [0.15, 0.2) is 18.2 Å². The molecule has 3 N–H and O–H groups in total. The topological polar surface area (TPSA) is 73.6 Å². The molecule has 0 amide bonds. The van der Waals surface area contributed by atoms with Crippen LogP contribution in [0.4, 0.5) is 14.5 Å².